The highest BCUT2D eigenvalue weighted by Crippen LogP contribution is 1.92. The summed E-state index contributed by atoms with van der Waals surface area (Å²) >= 11 is 0. The Morgan fingerprint density at radius 2 is 2.19 bits per heavy atom. The Labute approximate surface area is 93.9 Å². The van der Waals surface area contributed by atoms with Crippen molar-refractivity contribution in [2.75, 3.05) is 6.54 Å². The van der Waals surface area contributed by atoms with Crippen LogP contribution in [-0.4, -0.2) is 29.6 Å². The number of carbonyl (C=O) groups is 2. The van der Waals surface area contributed by atoms with Crippen molar-refractivity contribution < 1.29 is 14.7 Å². The second-order valence-electron chi connectivity index (χ2n) is 3.16. The molecule has 0 saturated carbocycles. The third kappa shape index (κ3) is 5.00. The van der Waals surface area contributed by atoms with Crippen LogP contribution >= 0.6 is 0 Å². The highest BCUT2D eigenvalue weighted by Gasteiger charge is 2.16. The van der Waals surface area contributed by atoms with Gasteiger partial charge in [0.05, 0.1) is 0 Å². The zero-order valence-electron chi connectivity index (χ0n) is 9.28. The lowest BCUT2D eigenvalue weighted by Crippen LogP contribution is -2.39. The number of rotatable bonds is 6. The Morgan fingerprint density at radius 3 is 2.62 bits per heavy atom. The molecule has 0 bridgehead atoms. The van der Waals surface area contributed by atoms with Crippen LogP contribution in [0.15, 0.2) is 11.8 Å². The number of amides is 1. The summed E-state index contributed by atoms with van der Waals surface area (Å²) in [4.78, 5) is 21.9. The summed E-state index contributed by atoms with van der Waals surface area (Å²) in [6.07, 6.45) is 2.15. The van der Waals surface area contributed by atoms with Gasteiger partial charge in [0, 0.05) is 12.7 Å². The number of carboxylic acid groups (broad SMARTS) is 1. The second-order valence-corrected chi connectivity index (χ2v) is 3.16. The van der Waals surface area contributed by atoms with E-state index in [1.165, 1.54) is 13.1 Å². The molecule has 0 radical (unpaired) electrons. The first kappa shape index (κ1) is 14.0. The van der Waals surface area contributed by atoms with E-state index in [2.05, 4.69) is 10.6 Å². The molecule has 0 aliphatic carbocycles. The van der Waals surface area contributed by atoms with E-state index >= 15 is 0 Å². The number of nitriles is 1. The van der Waals surface area contributed by atoms with Crippen LogP contribution in [0.2, 0.25) is 0 Å². The molecule has 0 aromatic carbocycles. The van der Waals surface area contributed by atoms with Gasteiger partial charge in [0.2, 0.25) is 0 Å². The molecule has 0 heterocycles. The van der Waals surface area contributed by atoms with Gasteiger partial charge in [0.1, 0.15) is 17.7 Å². The summed E-state index contributed by atoms with van der Waals surface area (Å²) in [5, 5.41) is 22.2. The van der Waals surface area contributed by atoms with Crippen molar-refractivity contribution in [2.24, 2.45) is 0 Å². The molecule has 0 saturated heterocycles. The van der Waals surface area contributed by atoms with Crippen molar-refractivity contribution in [3.8, 4) is 6.07 Å². The molecule has 0 aliphatic heterocycles. The largest absolute Gasteiger partial charge is 0.480 e. The van der Waals surface area contributed by atoms with Crippen LogP contribution in [0.4, 0.5) is 0 Å². The van der Waals surface area contributed by atoms with E-state index in [0.29, 0.717) is 6.54 Å². The van der Waals surface area contributed by atoms with Gasteiger partial charge >= 0.3 is 5.97 Å². The molecule has 1 amide bonds. The van der Waals surface area contributed by atoms with Gasteiger partial charge in [-0.3, -0.25) is 9.59 Å². The van der Waals surface area contributed by atoms with Crippen molar-refractivity contribution in [3.63, 3.8) is 0 Å². The lowest BCUT2D eigenvalue weighted by atomic mass is 10.2. The first-order chi connectivity index (χ1) is 7.52. The Kier molecular flexibility index (Phi) is 6.36. The summed E-state index contributed by atoms with van der Waals surface area (Å²) in [5.41, 5.74) is -0.137. The van der Waals surface area contributed by atoms with Crippen LogP contribution in [0.25, 0.3) is 0 Å². The number of nitrogens with zero attached hydrogens (tertiary/aromatic N) is 1. The maximum absolute atomic E-state index is 11.4. The number of aliphatic carboxylic acids is 1. The Morgan fingerprint density at radius 1 is 1.56 bits per heavy atom. The first-order valence-electron chi connectivity index (χ1n) is 4.90. The molecule has 0 fully saturated rings. The molecule has 16 heavy (non-hydrogen) atoms. The van der Waals surface area contributed by atoms with Gasteiger partial charge in [-0.2, -0.15) is 5.26 Å². The maximum atomic E-state index is 11.4. The number of carbonyl (C=O) groups excluding carboxylic acids is 1. The van der Waals surface area contributed by atoms with Crippen LogP contribution < -0.4 is 10.6 Å². The fourth-order valence-electron chi connectivity index (χ4n) is 0.803. The summed E-state index contributed by atoms with van der Waals surface area (Å²) in [6.45, 7) is 3.92. The second kappa shape index (κ2) is 7.29. The molecule has 88 valence electrons. The minimum atomic E-state index is -1.15. The molecule has 6 nitrogen and oxygen atoms in total. The van der Waals surface area contributed by atoms with Gasteiger partial charge < -0.3 is 15.7 Å². The van der Waals surface area contributed by atoms with Crippen molar-refractivity contribution in [1.29, 1.82) is 5.26 Å². The Hall–Kier alpha value is -2.03. The van der Waals surface area contributed by atoms with E-state index < -0.39 is 17.9 Å². The molecular formula is C10H15N3O3. The van der Waals surface area contributed by atoms with Gasteiger partial charge in [-0.15, -0.1) is 0 Å². The number of nitrogens with one attached hydrogen (secondary N) is 2. The van der Waals surface area contributed by atoms with Crippen molar-refractivity contribution in [2.45, 2.75) is 26.3 Å². The SMILES string of the molecule is CCCN/C=C(/C#N)C(=O)NC(C)C(=O)O. The molecule has 1 unspecified atom stereocenters. The van der Waals surface area contributed by atoms with E-state index in [1.807, 2.05) is 6.92 Å². The van der Waals surface area contributed by atoms with Gasteiger partial charge in [-0.25, -0.2) is 0 Å². The van der Waals surface area contributed by atoms with Crippen molar-refractivity contribution in [1.82, 2.24) is 10.6 Å². The normalized spacial score (nSPS) is 12.4. The van der Waals surface area contributed by atoms with Crippen LogP contribution in [0.5, 0.6) is 0 Å². The Balaban J connectivity index is 4.38. The minimum Gasteiger partial charge on any atom is -0.480 e. The quantitative estimate of drug-likeness (QED) is 0.335. The lowest BCUT2D eigenvalue weighted by molar-refractivity contribution is -0.140. The van der Waals surface area contributed by atoms with Crippen LogP contribution in [0, 0.1) is 11.3 Å². The molecule has 0 aromatic heterocycles. The Bertz CT molecular complexity index is 331. The van der Waals surface area contributed by atoms with E-state index in [9.17, 15) is 9.59 Å². The standard InChI is InChI=1S/C10H15N3O3/c1-3-4-12-6-8(5-11)9(14)13-7(2)10(15)16/h6-7,12H,3-4H2,1-2H3,(H,13,14)(H,15,16)/b8-6-. The zero-order valence-corrected chi connectivity index (χ0v) is 9.28. The molecule has 0 aromatic rings. The van der Waals surface area contributed by atoms with Gasteiger partial charge in [-0.1, -0.05) is 6.92 Å². The maximum Gasteiger partial charge on any atom is 0.325 e. The lowest BCUT2D eigenvalue weighted by Gasteiger charge is -2.08. The fraction of sp³-hybridized carbons (Fsp3) is 0.500. The van der Waals surface area contributed by atoms with Crippen LogP contribution in [0.3, 0.4) is 0 Å². The summed E-state index contributed by atoms with van der Waals surface area (Å²) in [5.74, 6) is -1.84. The average molecular weight is 225 g/mol. The highest BCUT2D eigenvalue weighted by molar-refractivity contribution is 5.98. The molecule has 3 N–H and O–H groups in total. The molecule has 6 heteroatoms. The average Bonchev–Trinajstić information content (AvgIpc) is 2.24. The van der Waals surface area contributed by atoms with E-state index in [4.69, 9.17) is 10.4 Å². The molecule has 1 atom stereocenters. The number of hydrogen-bond donors (Lipinski definition) is 3. The van der Waals surface area contributed by atoms with Crippen LogP contribution in [-0.2, 0) is 9.59 Å². The summed E-state index contributed by atoms with van der Waals surface area (Å²) in [6, 6.07) is 0.681. The van der Waals surface area contributed by atoms with E-state index in [-0.39, 0.29) is 5.57 Å². The molecular weight excluding hydrogens is 210 g/mol. The smallest absolute Gasteiger partial charge is 0.325 e. The molecule has 0 spiro atoms. The first-order valence-corrected chi connectivity index (χ1v) is 4.90. The zero-order chi connectivity index (χ0) is 12.6. The van der Waals surface area contributed by atoms with Gasteiger partial charge in [0.25, 0.3) is 5.91 Å². The van der Waals surface area contributed by atoms with Crippen LogP contribution in [0.1, 0.15) is 20.3 Å². The predicted molar refractivity (Wildman–Crippen MR) is 57.2 cm³/mol. The highest BCUT2D eigenvalue weighted by atomic mass is 16.4. The summed E-state index contributed by atoms with van der Waals surface area (Å²) < 4.78 is 0. The topological polar surface area (TPSA) is 102 Å². The fourth-order valence-corrected chi connectivity index (χ4v) is 0.803. The van der Waals surface area contributed by atoms with Gasteiger partial charge in [0.15, 0.2) is 0 Å². The minimum absolute atomic E-state index is 0.137. The summed E-state index contributed by atoms with van der Waals surface area (Å²) in [7, 11) is 0. The van der Waals surface area contributed by atoms with Crippen molar-refractivity contribution in [3.05, 3.63) is 11.8 Å². The number of hydrogen-bond acceptors (Lipinski definition) is 4. The van der Waals surface area contributed by atoms with E-state index in [1.54, 1.807) is 6.07 Å². The third-order valence-electron chi connectivity index (χ3n) is 1.72. The van der Waals surface area contributed by atoms with Crippen molar-refractivity contribution >= 4 is 11.9 Å². The predicted octanol–water partition coefficient (Wildman–Crippen LogP) is -0.0172. The number of carboxylic acids is 1. The van der Waals surface area contributed by atoms with E-state index in [0.717, 1.165) is 6.42 Å². The monoisotopic (exact) mass is 225 g/mol. The van der Waals surface area contributed by atoms with Gasteiger partial charge in [-0.05, 0) is 13.3 Å². The molecule has 0 aliphatic rings. The molecule has 0 rings (SSSR count). The third-order valence-corrected chi connectivity index (χ3v) is 1.72.